The van der Waals surface area contributed by atoms with Crippen molar-refractivity contribution in [3.8, 4) is 0 Å². The number of rotatable bonds is 3. The lowest BCUT2D eigenvalue weighted by atomic mass is 10.0. The van der Waals surface area contributed by atoms with Gasteiger partial charge in [0, 0.05) is 35.3 Å². The van der Waals surface area contributed by atoms with Crippen LogP contribution in [0.25, 0.3) is 5.76 Å². The quantitative estimate of drug-likeness (QED) is 0.691. The van der Waals surface area contributed by atoms with Crippen LogP contribution in [-0.4, -0.2) is 15.8 Å². The van der Waals surface area contributed by atoms with Crippen LogP contribution in [-0.2, 0) is 6.42 Å². The summed E-state index contributed by atoms with van der Waals surface area (Å²) in [5.41, 5.74) is 2.10. The molecule has 0 atom stereocenters. The number of nitro benzene ring substituents is 1. The molecule has 3 rings (SSSR count). The first-order chi connectivity index (χ1) is 10.1. The Morgan fingerprint density at radius 3 is 2.19 bits per heavy atom. The Labute approximate surface area is 120 Å². The fourth-order valence-electron chi connectivity index (χ4n) is 2.42. The van der Waals surface area contributed by atoms with Crippen LogP contribution < -0.4 is 0 Å². The van der Waals surface area contributed by atoms with Crippen molar-refractivity contribution < 1.29 is 14.8 Å². The summed E-state index contributed by atoms with van der Waals surface area (Å²) in [6, 6.07) is 12.8. The van der Waals surface area contributed by atoms with Crippen LogP contribution >= 0.6 is 0 Å². The third kappa shape index (κ3) is 2.18. The van der Waals surface area contributed by atoms with E-state index in [-0.39, 0.29) is 23.7 Å². The number of ketones is 1. The maximum absolute atomic E-state index is 12.3. The average Bonchev–Trinajstić information content (AvgIpc) is 2.73. The molecule has 0 unspecified atom stereocenters. The molecule has 104 valence electrons. The van der Waals surface area contributed by atoms with Crippen LogP contribution in [0.5, 0.6) is 0 Å². The third-order valence-electron chi connectivity index (χ3n) is 3.51. The molecule has 0 saturated heterocycles. The Balaban J connectivity index is 1.91. The number of Topliss-reactive ketones (excluding diaryl/α,β-unsaturated/α-hetero) is 1. The maximum Gasteiger partial charge on any atom is 0.269 e. The molecule has 1 aliphatic carbocycles. The summed E-state index contributed by atoms with van der Waals surface area (Å²) >= 11 is 0. The highest BCUT2D eigenvalue weighted by molar-refractivity contribution is 6.19. The van der Waals surface area contributed by atoms with Gasteiger partial charge in [0.05, 0.1) is 4.92 Å². The molecular weight excluding hydrogens is 270 g/mol. The van der Waals surface area contributed by atoms with Crippen molar-refractivity contribution in [2.75, 3.05) is 0 Å². The lowest BCUT2D eigenvalue weighted by molar-refractivity contribution is -0.384. The number of allylic oxidation sites excluding steroid dienone is 1. The highest BCUT2D eigenvalue weighted by atomic mass is 16.6. The van der Waals surface area contributed by atoms with Gasteiger partial charge in [-0.05, 0) is 5.56 Å². The number of carbonyl (C=O) groups is 1. The summed E-state index contributed by atoms with van der Waals surface area (Å²) in [6.07, 6.45) is 0.247. The Hall–Kier alpha value is -2.95. The van der Waals surface area contributed by atoms with E-state index < -0.39 is 4.92 Å². The molecule has 0 spiro atoms. The van der Waals surface area contributed by atoms with Gasteiger partial charge in [-0.2, -0.15) is 0 Å². The molecule has 0 radical (unpaired) electrons. The van der Waals surface area contributed by atoms with Crippen LogP contribution in [0.4, 0.5) is 5.69 Å². The zero-order chi connectivity index (χ0) is 15.0. The van der Waals surface area contributed by atoms with Gasteiger partial charge < -0.3 is 5.11 Å². The molecule has 0 aromatic heterocycles. The minimum atomic E-state index is -0.475. The molecule has 2 aromatic carbocycles. The highest BCUT2D eigenvalue weighted by Gasteiger charge is 2.29. The van der Waals surface area contributed by atoms with E-state index in [4.69, 9.17) is 0 Å². The molecule has 5 nitrogen and oxygen atoms in total. The average molecular weight is 281 g/mol. The van der Waals surface area contributed by atoms with Gasteiger partial charge in [0.2, 0.25) is 0 Å². The van der Waals surface area contributed by atoms with E-state index in [0.29, 0.717) is 16.7 Å². The van der Waals surface area contributed by atoms with Gasteiger partial charge in [-0.25, -0.2) is 0 Å². The van der Waals surface area contributed by atoms with E-state index in [2.05, 4.69) is 0 Å². The van der Waals surface area contributed by atoms with Gasteiger partial charge in [0.1, 0.15) is 5.76 Å². The summed E-state index contributed by atoms with van der Waals surface area (Å²) in [4.78, 5) is 22.4. The molecule has 0 heterocycles. The predicted octanol–water partition coefficient (Wildman–Crippen LogP) is 3.30. The van der Waals surface area contributed by atoms with Crippen molar-refractivity contribution in [2.24, 2.45) is 0 Å². The van der Waals surface area contributed by atoms with E-state index in [1.807, 2.05) is 0 Å². The van der Waals surface area contributed by atoms with Gasteiger partial charge >= 0.3 is 0 Å². The number of carbonyl (C=O) groups excluding carboxylic acids is 1. The maximum atomic E-state index is 12.3. The third-order valence-corrected chi connectivity index (χ3v) is 3.51. The summed E-state index contributed by atoms with van der Waals surface area (Å²) in [5, 5.41) is 20.8. The van der Waals surface area contributed by atoms with Crippen molar-refractivity contribution in [2.45, 2.75) is 6.42 Å². The monoisotopic (exact) mass is 281 g/mol. The first-order valence-corrected chi connectivity index (χ1v) is 6.37. The Bertz CT molecular complexity index is 775. The Morgan fingerprint density at radius 1 is 1.00 bits per heavy atom. The standard InChI is InChI=1S/C16H11NO4/c18-15-12-3-1-2-4-13(12)16(19)14(15)9-10-5-7-11(8-6-10)17(20)21/h1-8,18H,9H2. The number of hydrogen-bond donors (Lipinski definition) is 1. The zero-order valence-corrected chi connectivity index (χ0v) is 10.9. The smallest absolute Gasteiger partial charge is 0.269 e. The molecule has 0 aliphatic heterocycles. The largest absolute Gasteiger partial charge is 0.507 e. The second-order valence-electron chi connectivity index (χ2n) is 4.80. The van der Waals surface area contributed by atoms with Crippen molar-refractivity contribution >= 4 is 17.2 Å². The predicted molar refractivity (Wildman–Crippen MR) is 77.1 cm³/mol. The number of nitro groups is 1. The number of nitrogens with zero attached hydrogens (tertiary/aromatic N) is 1. The van der Waals surface area contributed by atoms with Gasteiger partial charge in [-0.15, -0.1) is 0 Å². The summed E-state index contributed by atoms with van der Waals surface area (Å²) < 4.78 is 0. The van der Waals surface area contributed by atoms with Crippen LogP contribution in [0.15, 0.2) is 54.1 Å². The first kappa shape index (κ1) is 13.1. The topological polar surface area (TPSA) is 80.4 Å². The van der Waals surface area contributed by atoms with Crippen molar-refractivity contribution in [1.29, 1.82) is 0 Å². The van der Waals surface area contributed by atoms with Gasteiger partial charge in [0.15, 0.2) is 5.78 Å². The van der Waals surface area contributed by atoms with Crippen molar-refractivity contribution in [3.63, 3.8) is 0 Å². The number of hydrogen-bond acceptors (Lipinski definition) is 4. The van der Waals surface area contributed by atoms with Crippen LogP contribution in [0, 0.1) is 10.1 Å². The number of aliphatic hydroxyl groups is 1. The van der Waals surface area contributed by atoms with E-state index in [1.165, 1.54) is 12.1 Å². The molecule has 1 N–H and O–H groups in total. The molecular formula is C16H11NO4. The Morgan fingerprint density at radius 2 is 1.62 bits per heavy atom. The normalized spacial score (nSPS) is 13.4. The van der Waals surface area contributed by atoms with E-state index >= 15 is 0 Å². The van der Waals surface area contributed by atoms with E-state index in [1.54, 1.807) is 36.4 Å². The van der Waals surface area contributed by atoms with Crippen LogP contribution in [0.3, 0.4) is 0 Å². The molecule has 1 aliphatic rings. The zero-order valence-electron chi connectivity index (χ0n) is 10.9. The first-order valence-electron chi connectivity index (χ1n) is 6.37. The molecule has 0 bridgehead atoms. The fourth-order valence-corrected chi connectivity index (χ4v) is 2.42. The number of fused-ring (bicyclic) bond motifs is 1. The molecule has 5 heteroatoms. The van der Waals surface area contributed by atoms with Gasteiger partial charge in [0.25, 0.3) is 5.69 Å². The molecule has 0 fully saturated rings. The van der Waals surface area contributed by atoms with Gasteiger partial charge in [-0.3, -0.25) is 14.9 Å². The molecule has 21 heavy (non-hydrogen) atoms. The van der Waals surface area contributed by atoms with Gasteiger partial charge in [-0.1, -0.05) is 36.4 Å². The number of aliphatic hydroxyl groups excluding tert-OH is 1. The van der Waals surface area contributed by atoms with Crippen LogP contribution in [0.1, 0.15) is 21.5 Å². The summed E-state index contributed by atoms with van der Waals surface area (Å²) in [6.45, 7) is 0. The lowest BCUT2D eigenvalue weighted by Gasteiger charge is -2.02. The molecule has 0 amide bonds. The Kier molecular flexibility index (Phi) is 3.02. The number of non-ortho nitro benzene ring substituents is 1. The summed E-state index contributed by atoms with van der Waals surface area (Å²) in [5.74, 6) is -0.199. The minimum Gasteiger partial charge on any atom is -0.507 e. The fraction of sp³-hybridized carbons (Fsp3) is 0.0625. The van der Waals surface area contributed by atoms with E-state index in [9.17, 15) is 20.0 Å². The number of benzene rings is 2. The second-order valence-corrected chi connectivity index (χ2v) is 4.80. The van der Waals surface area contributed by atoms with Crippen molar-refractivity contribution in [1.82, 2.24) is 0 Å². The van der Waals surface area contributed by atoms with E-state index in [0.717, 1.165) is 5.56 Å². The summed E-state index contributed by atoms with van der Waals surface area (Å²) in [7, 11) is 0. The SMILES string of the molecule is O=C1C(Cc2ccc([N+](=O)[O-])cc2)=C(O)c2ccccc21. The second kappa shape index (κ2) is 4.86. The van der Waals surface area contributed by atoms with Crippen molar-refractivity contribution in [3.05, 3.63) is 80.9 Å². The highest BCUT2D eigenvalue weighted by Crippen LogP contribution is 2.32. The molecule has 2 aromatic rings. The van der Waals surface area contributed by atoms with Crippen LogP contribution in [0.2, 0.25) is 0 Å². The minimum absolute atomic E-state index is 0.00186. The lowest BCUT2D eigenvalue weighted by Crippen LogP contribution is -2.02. The molecule has 0 saturated carbocycles.